The first-order valence-corrected chi connectivity index (χ1v) is 5.18. The van der Waals surface area contributed by atoms with Crippen LogP contribution in [0.4, 0.5) is 0 Å². The Labute approximate surface area is 82.1 Å². The van der Waals surface area contributed by atoms with Crippen molar-refractivity contribution in [2.75, 3.05) is 7.05 Å². The van der Waals surface area contributed by atoms with Crippen LogP contribution in [-0.2, 0) is 4.79 Å². The quantitative estimate of drug-likeness (QED) is 0.700. The lowest BCUT2D eigenvalue weighted by atomic mass is 9.85. The molecule has 0 aliphatic rings. The summed E-state index contributed by atoms with van der Waals surface area (Å²) < 4.78 is 0. The second-order valence-corrected chi connectivity index (χ2v) is 4.51. The third kappa shape index (κ3) is 5.67. The molecule has 2 nitrogen and oxygen atoms in total. The number of carbonyl (C=O) groups excluding carboxylic acids is 1. The van der Waals surface area contributed by atoms with Crippen LogP contribution < -0.4 is 5.32 Å². The lowest BCUT2D eigenvalue weighted by molar-refractivity contribution is -0.122. The van der Waals surface area contributed by atoms with Gasteiger partial charge in [-0.25, -0.2) is 0 Å². The molecule has 0 fully saturated rings. The highest BCUT2D eigenvalue weighted by Crippen LogP contribution is 2.23. The van der Waals surface area contributed by atoms with Crippen molar-refractivity contribution in [1.82, 2.24) is 5.32 Å². The minimum Gasteiger partial charge on any atom is -0.359 e. The molecule has 0 saturated heterocycles. The smallest absolute Gasteiger partial charge is 0.220 e. The Morgan fingerprint density at radius 1 is 1.23 bits per heavy atom. The van der Waals surface area contributed by atoms with Gasteiger partial charge in [0.1, 0.15) is 0 Å². The fourth-order valence-corrected chi connectivity index (χ4v) is 1.54. The van der Waals surface area contributed by atoms with Crippen LogP contribution in [0.15, 0.2) is 0 Å². The highest BCUT2D eigenvalue weighted by Gasteiger charge is 2.17. The van der Waals surface area contributed by atoms with Gasteiger partial charge in [0.2, 0.25) is 5.91 Å². The van der Waals surface area contributed by atoms with E-state index in [1.807, 2.05) is 0 Å². The predicted octanol–water partition coefficient (Wildman–Crippen LogP) is 2.44. The van der Waals surface area contributed by atoms with Crippen LogP contribution >= 0.6 is 0 Å². The van der Waals surface area contributed by atoms with Crippen molar-refractivity contribution in [3.05, 3.63) is 0 Å². The minimum atomic E-state index is 0.166. The van der Waals surface area contributed by atoms with E-state index < -0.39 is 0 Å². The number of hydrogen-bond donors (Lipinski definition) is 1. The molecule has 1 atom stereocenters. The molecule has 1 amide bonds. The first kappa shape index (κ1) is 12.5. The molecular weight excluding hydrogens is 162 g/mol. The van der Waals surface area contributed by atoms with Gasteiger partial charge >= 0.3 is 0 Å². The maximum Gasteiger partial charge on any atom is 0.220 e. The van der Waals surface area contributed by atoms with Gasteiger partial charge in [-0.15, -0.1) is 0 Å². The van der Waals surface area contributed by atoms with Gasteiger partial charge in [-0.1, -0.05) is 27.7 Å². The number of amides is 1. The van der Waals surface area contributed by atoms with Crippen LogP contribution in [0.2, 0.25) is 0 Å². The Morgan fingerprint density at radius 3 is 2.08 bits per heavy atom. The lowest BCUT2D eigenvalue weighted by Gasteiger charge is -2.21. The molecule has 1 N–H and O–H groups in total. The normalized spacial score (nSPS) is 13.5. The second-order valence-electron chi connectivity index (χ2n) is 4.51. The van der Waals surface area contributed by atoms with Crippen molar-refractivity contribution in [2.45, 2.75) is 40.5 Å². The topological polar surface area (TPSA) is 29.1 Å². The number of hydrogen-bond acceptors (Lipinski definition) is 1. The van der Waals surface area contributed by atoms with E-state index >= 15 is 0 Å². The van der Waals surface area contributed by atoms with Gasteiger partial charge in [0, 0.05) is 13.5 Å². The second kappa shape index (κ2) is 6.01. The molecule has 13 heavy (non-hydrogen) atoms. The first-order chi connectivity index (χ1) is 5.97. The van der Waals surface area contributed by atoms with Gasteiger partial charge in [-0.2, -0.15) is 0 Å². The van der Waals surface area contributed by atoms with Gasteiger partial charge < -0.3 is 5.32 Å². The van der Waals surface area contributed by atoms with E-state index in [1.165, 1.54) is 0 Å². The molecule has 2 heteroatoms. The molecule has 0 aromatic rings. The molecule has 0 saturated carbocycles. The minimum absolute atomic E-state index is 0.166. The third-order valence-corrected chi connectivity index (χ3v) is 2.44. The summed E-state index contributed by atoms with van der Waals surface area (Å²) in [6.07, 6.45) is 1.82. The fraction of sp³-hybridized carbons (Fsp3) is 0.909. The summed E-state index contributed by atoms with van der Waals surface area (Å²) in [5.74, 6) is 1.97. The summed E-state index contributed by atoms with van der Waals surface area (Å²) in [7, 11) is 1.70. The van der Waals surface area contributed by atoms with Crippen LogP contribution in [0.5, 0.6) is 0 Å². The highest BCUT2D eigenvalue weighted by atomic mass is 16.1. The van der Waals surface area contributed by atoms with Crippen molar-refractivity contribution in [3.63, 3.8) is 0 Å². The molecule has 0 aromatic heterocycles. The summed E-state index contributed by atoms with van der Waals surface area (Å²) in [6.45, 7) is 8.80. The maximum absolute atomic E-state index is 11.2. The molecule has 0 aromatic carbocycles. The van der Waals surface area contributed by atoms with Crippen molar-refractivity contribution in [2.24, 2.45) is 17.8 Å². The highest BCUT2D eigenvalue weighted by molar-refractivity contribution is 5.75. The van der Waals surface area contributed by atoms with Crippen molar-refractivity contribution in [1.29, 1.82) is 0 Å². The predicted molar refractivity (Wildman–Crippen MR) is 56.5 cm³/mol. The molecule has 0 heterocycles. The molecule has 0 spiro atoms. The van der Waals surface area contributed by atoms with E-state index in [0.29, 0.717) is 24.2 Å². The SMILES string of the molecule is CNC(=O)C[C@@H](CC(C)C)C(C)C. The molecular formula is C11H23NO. The van der Waals surface area contributed by atoms with Gasteiger partial charge in [-0.05, 0) is 24.2 Å². The van der Waals surface area contributed by atoms with Crippen molar-refractivity contribution in [3.8, 4) is 0 Å². The zero-order valence-electron chi connectivity index (χ0n) is 9.55. The standard InChI is InChI=1S/C11H23NO/c1-8(2)6-10(9(3)4)7-11(13)12-5/h8-10H,6-7H2,1-5H3,(H,12,13)/t10-/m1/s1. The van der Waals surface area contributed by atoms with E-state index in [9.17, 15) is 4.79 Å². The molecule has 0 rings (SSSR count). The largest absolute Gasteiger partial charge is 0.359 e. The van der Waals surface area contributed by atoms with Crippen LogP contribution in [-0.4, -0.2) is 13.0 Å². The van der Waals surface area contributed by atoms with Crippen LogP contribution in [0, 0.1) is 17.8 Å². The fourth-order valence-electron chi connectivity index (χ4n) is 1.54. The van der Waals surface area contributed by atoms with E-state index in [1.54, 1.807) is 7.05 Å². The Balaban J connectivity index is 4.02. The zero-order valence-corrected chi connectivity index (χ0v) is 9.55. The summed E-state index contributed by atoms with van der Waals surface area (Å²) in [5.41, 5.74) is 0. The Hall–Kier alpha value is -0.530. The van der Waals surface area contributed by atoms with E-state index in [-0.39, 0.29) is 5.91 Å². The van der Waals surface area contributed by atoms with Crippen molar-refractivity contribution < 1.29 is 4.79 Å². The Morgan fingerprint density at radius 2 is 1.77 bits per heavy atom. The zero-order chi connectivity index (χ0) is 10.4. The average Bonchev–Trinajstić information content (AvgIpc) is 2.02. The third-order valence-electron chi connectivity index (χ3n) is 2.44. The Kier molecular flexibility index (Phi) is 5.76. The van der Waals surface area contributed by atoms with Crippen molar-refractivity contribution >= 4 is 5.91 Å². The van der Waals surface area contributed by atoms with Crippen LogP contribution in [0.3, 0.4) is 0 Å². The summed E-state index contributed by atoms with van der Waals surface area (Å²) >= 11 is 0. The van der Waals surface area contributed by atoms with Gasteiger partial charge in [0.15, 0.2) is 0 Å². The molecule has 0 bridgehead atoms. The van der Waals surface area contributed by atoms with Crippen LogP contribution in [0.1, 0.15) is 40.5 Å². The number of nitrogens with one attached hydrogen (secondary N) is 1. The van der Waals surface area contributed by atoms with Gasteiger partial charge in [0.05, 0.1) is 0 Å². The molecule has 0 aliphatic carbocycles. The van der Waals surface area contributed by atoms with E-state index in [4.69, 9.17) is 0 Å². The average molecular weight is 185 g/mol. The monoisotopic (exact) mass is 185 g/mol. The van der Waals surface area contributed by atoms with E-state index in [0.717, 1.165) is 6.42 Å². The molecule has 78 valence electrons. The summed E-state index contributed by atoms with van der Waals surface area (Å²) in [6, 6.07) is 0. The maximum atomic E-state index is 11.2. The lowest BCUT2D eigenvalue weighted by Crippen LogP contribution is -2.24. The first-order valence-electron chi connectivity index (χ1n) is 5.18. The molecule has 0 radical (unpaired) electrons. The number of carbonyl (C=O) groups is 1. The summed E-state index contributed by atoms with van der Waals surface area (Å²) in [4.78, 5) is 11.2. The van der Waals surface area contributed by atoms with Crippen LogP contribution in [0.25, 0.3) is 0 Å². The van der Waals surface area contributed by atoms with Gasteiger partial charge in [-0.3, -0.25) is 4.79 Å². The summed E-state index contributed by atoms with van der Waals surface area (Å²) in [5, 5.41) is 2.68. The number of rotatable bonds is 5. The van der Waals surface area contributed by atoms with Gasteiger partial charge in [0.25, 0.3) is 0 Å². The van der Waals surface area contributed by atoms with E-state index in [2.05, 4.69) is 33.0 Å². The molecule has 0 unspecified atom stereocenters. The molecule has 0 aliphatic heterocycles. The Bertz CT molecular complexity index is 152.